The zero-order valence-electron chi connectivity index (χ0n) is 20.9. The molecule has 9 atom stereocenters. The van der Waals surface area contributed by atoms with E-state index in [4.69, 9.17) is 0 Å². The Hall–Kier alpha value is -0.510. The van der Waals surface area contributed by atoms with Crippen molar-refractivity contribution in [2.45, 2.75) is 117 Å². The molecule has 1 N–H and O–H groups in total. The van der Waals surface area contributed by atoms with Crippen LogP contribution >= 0.6 is 0 Å². The molecule has 0 aromatic heterocycles. The van der Waals surface area contributed by atoms with E-state index in [0.29, 0.717) is 36.0 Å². The van der Waals surface area contributed by atoms with E-state index in [2.05, 4.69) is 26.8 Å². The Morgan fingerprint density at radius 2 is 1.72 bits per heavy atom. The van der Waals surface area contributed by atoms with Gasteiger partial charge < -0.3 is 5.11 Å². The monoisotopic (exact) mass is 454 g/mol. The van der Waals surface area contributed by atoms with Crippen molar-refractivity contribution >= 4 is 0 Å². The Kier molecular flexibility index (Phi) is 6.39. The molecule has 4 aliphatic rings. The van der Waals surface area contributed by atoms with Crippen molar-refractivity contribution in [3.05, 3.63) is 11.6 Å². The molecule has 0 radical (unpaired) electrons. The van der Waals surface area contributed by atoms with Crippen molar-refractivity contribution in [2.24, 2.45) is 46.3 Å². The lowest BCUT2D eigenvalue weighted by Crippen LogP contribution is -2.49. The topological polar surface area (TPSA) is 20.2 Å². The first-order valence-corrected chi connectivity index (χ1v) is 13.3. The number of hydrogen-bond acceptors (Lipinski definition) is 1. The van der Waals surface area contributed by atoms with Crippen LogP contribution in [0, 0.1) is 46.3 Å². The average Bonchev–Trinajstić information content (AvgIpc) is 2.98. The molecule has 0 aliphatic heterocycles. The van der Waals surface area contributed by atoms with Gasteiger partial charge >= 0.3 is 6.18 Å². The Morgan fingerprint density at radius 1 is 1.00 bits per heavy atom. The fourth-order valence-electron chi connectivity index (χ4n) is 8.97. The van der Waals surface area contributed by atoms with Gasteiger partial charge in [0.15, 0.2) is 0 Å². The SMILES string of the molecule is CC(CC[C@@H](C)C1CCC2C3CC=C4C[C@@](C)(O)CCCC4(C)C3CCC21C)C(F)(F)F. The Labute approximate surface area is 193 Å². The molecule has 0 spiro atoms. The molecule has 4 aliphatic carbocycles. The van der Waals surface area contributed by atoms with Crippen molar-refractivity contribution in [3.8, 4) is 0 Å². The van der Waals surface area contributed by atoms with Crippen LogP contribution < -0.4 is 0 Å². The first-order valence-electron chi connectivity index (χ1n) is 13.3. The number of fused-ring (bicyclic) bond motifs is 5. The lowest BCUT2D eigenvalue weighted by Gasteiger charge is -2.57. The summed E-state index contributed by atoms with van der Waals surface area (Å²) < 4.78 is 39.1. The van der Waals surface area contributed by atoms with Crippen LogP contribution in [-0.2, 0) is 0 Å². The highest BCUT2D eigenvalue weighted by Crippen LogP contribution is 2.67. The molecule has 0 aromatic carbocycles. The summed E-state index contributed by atoms with van der Waals surface area (Å²) in [7, 11) is 0. The Bertz CT molecular complexity index is 725. The highest BCUT2D eigenvalue weighted by molar-refractivity contribution is 5.25. The Morgan fingerprint density at radius 3 is 2.41 bits per heavy atom. The van der Waals surface area contributed by atoms with Gasteiger partial charge in [-0.2, -0.15) is 13.2 Å². The normalized spacial score (nSPS) is 46.3. The fraction of sp³-hybridized carbons (Fsp3) is 0.929. The molecule has 3 fully saturated rings. The predicted molar refractivity (Wildman–Crippen MR) is 124 cm³/mol. The van der Waals surface area contributed by atoms with Crippen LogP contribution in [0.1, 0.15) is 105 Å². The summed E-state index contributed by atoms with van der Waals surface area (Å²) in [5.41, 5.74) is 1.44. The number of hydrogen-bond donors (Lipinski definition) is 1. The van der Waals surface area contributed by atoms with Gasteiger partial charge in [-0.25, -0.2) is 0 Å². The summed E-state index contributed by atoms with van der Waals surface area (Å²) in [5.74, 6) is 1.84. The molecule has 0 saturated heterocycles. The molecule has 32 heavy (non-hydrogen) atoms. The predicted octanol–water partition coefficient (Wildman–Crippen LogP) is 8.32. The van der Waals surface area contributed by atoms with Gasteiger partial charge in [0.1, 0.15) is 0 Å². The highest BCUT2D eigenvalue weighted by Gasteiger charge is 2.59. The molecule has 0 aromatic rings. The molecule has 0 heterocycles. The molecule has 3 saturated carbocycles. The molecule has 7 unspecified atom stereocenters. The summed E-state index contributed by atoms with van der Waals surface area (Å²) in [6.07, 6.45) is 9.44. The largest absolute Gasteiger partial charge is 0.391 e. The zero-order chi connectivity index (χ0) is 23.5. The van der Waals surface area contributed by atoms with E-state index >= 15 is 0 Å². The quantitative estimate of drug-likeness (QED) is 0.423. The second kappa shape index (κ2) is 8.31. The molecule has 1 nitrogen and oxygen atoms in total. The minimum absolute atomic E-state index is 0.219. The minimum Gasteiger partial charge on any atom is -0.390 e. The first kappa shape index (κ1) is 24.6. The van der Waals surface area contributed by atoms with Crippen molar-refractivity contribution in [1.82, 2.24) is 0 Å². The highest BCUT2D eigenvalue weighted by atomic mass is 19.4. The number of allylic oxidation sites excluding steroid dienone is 1. The van der Waals surface area contributed by atoms with Crippen LogP contribution in [0.3, 0.4) is 0 Å². The Balaban J connectivity index is 1.50. The summed E-state index contributed by atoms with van der Waals surface area (Å²) in [5, 5.41) is 10.8. The molecule has 4 heteroatoms. The van der Waals surface area contributed by atoms with Gasteiger partial charge in [-0.05, 0) is 118 Å². The van der Waals surface area contributed by atoms with Gasteiger partial charge in [0, 0.05) is 0 Å². The van der Waals surface area contributed by atoms with Gasteiger partial charge in [0.2, 0.25) is 0 Å². The van der Waals surface area contributed by atoms with Crippen molar-refractivity contribution in [3.63, 3.8) is 0 Å². The summed E-state index contributed by atoms with van der Waals surface area (Å²) in [4.78, 5) is 0. The van der Waals surface area contributed by atoms with Crippen LogP contribution in [0.4, 0.5) is 13.2 Å². The van der Waals surface area contributed by atoms with Gasteiger partial charge in [0.25, 0.3) is 0 Å². The second-order valence-electron chi connectivity index (χ2n) is 13.0. The molecular weight excluding hydrogens is 409 g/mol. The lowest BCUT2D eigenvalue weighted by atomic mass is 9.48. The van der Waals surface area contributed by atoms with Gasteiger partial charge in [0.05, 0.1) is 11.5 Å². The van der Waals surface area contributed by atoms with E-state index in [0.717, 1.165) is 25.7 Å². The van der Waals surface area contributed by atoms with Crippen LogP contribution in [-0.4, -0.2) is 16.9 Å². The van der Waals surface area contributed by atoms with Crippen LogP contribution in [0.15, 0.2) is 11.6 Å². The van der Waals surface area contributed by atoms with E-state index < -0.39 is 17.7 Å². The van der Waals surface area contributed by atoms with Gasteiger partial charge in [-0.3, -0.25) is 0 Å². The molecule has 0 bridgehead atoms. The maximum absolute atomic E-state index is 13.0. The second-order valence-corrected chi connectivity index (χ2v) is 13.0. The standard InChI is InChI=1S/C28H45F3O/c1-18(7-8-19(2)28(29,30)31)22-11-12-23-21-10-9-20-17-25(3,32)14-6-15-26(20,4)24(21)13-16-27(22,23)5/h9,18-19,21-24,32H,6-8,10-17H2,1-5H3/t18-,19?,21?,22?,23?,24?,25+,26?,27?/m1/s1. The molecular formula is C28H45F3O. The first-order chi connectivity index (χ1) is 14.8. The summed E-state index contributed by atoms with van der Waals surface area (Å²) >= 11 is 0. The number of aliphatic hydroxyl groups is 1. The number of halogens is 3. The van der Waals surface area contributed by atoms with E-state index in [9.17, 15) is 18.3 Å². The third kappa shape index (κ3) is 4.20. The lowest BCUT2D eigenvalue weighted by molar-refractivity contribution is -0.172. The maximum atomic E-state index is 13.0. The van der Waals surface area contributed by atoms with Crippen LogP contribution in [0.2, 0.25) is 0 Å². The van der Waals surface area contributed by atoms with E-state index in [1.807, 2.05) is 6.92 Å². The molecule has 0 amide bonds. The average molecular weight is 455 g/mol. The smallest absolute Gasteiger partial charge is 0.390 e. The third-order valence-electron chi connectivity index (χ3n) is 11.0. The fourth-order valence-corrected chi connectivity index (χ4v) is 8.97. The number of alkyl halides is 3. The zero-order valence-corrected chi connectivity index (χ0v) is 20.9. The molecule has 184 valence electrons. The van der Waals surface area contributed by atoms with Gasteiger partial charge in [-0.1, -0.05) is 39.3 Å². The summed E-state index contributed by atoms with van der Waals surface area (Å²) in [6, 6.07) is 0. The van der Waals surface area contributed by atoms with Crippen molar-refractivity contribution in [2.75, 3.05) is 0 Å². The minimum atomic E-state index is -4.06. The van der Waals surface area contributed by atoms with Crippen molar-refractivity contribution < 1.29 is 18.3 Å². The van der Waals surface area contributed by atoms with E-state index in [-0.39, 0.29) is 17.3 Å². The van der Waals surface area contributed by atoms with Gasteiger partial charge in [-0.15, -0.1) is 0 Å². The summed E-state index contributed by atoms with van der Waals surface area (Å²) in [6.45, 7) is 10.5. The maximum Gasteiger partial charge on any atom is 0.391 e. The van der Waals surface area contributed by atoms with Crippen LogP contribution in [0.25, 0.3) is 0 Å². The third-order valence-corrected chi connectivity index (χ3v) is 11.0. The molecule has 4 rings (SSSR count). The van der Waals surface area contributed by atoms with E-state index in [1.165, 1.54) is 44.6 Å². The van der Waals surface area contributed by atoms with Crippen molar-refractivity contribution in [1.29, 1.82) is 0 Å². The van der Waals surface area contributed by atoms with E-state index in [1.54, 1.807) is 0 Å². The number of rotatable bonds is 4. The van der Waals surface area contributed by atoms with Crippen LogP contribution in [0.5, 0.6) is 0 Å².